The zero-order chi connectivity index (χ0) is 26.6. The van der Waals surface area contributed by atoms with Crippen LogP contribution in [0.2, 0.25) is 10.0 Å². The standard InChI is InChI=1S/C28H19Cl2N3O4S/c1-35-24-11-6-16(27-31-21-4-2-3-5-25(21)37-27)14-22(24)32-28(38)33-26(34)13-9-18-8-12-23(36-18)19-10-7-17(29)15-20(19)30/h2-15H,1H3,(H2,32,33,34,38)/b13-9+. The molecule has 3 aromatic carbocycles. The number of rotatable bonds is 6. The van der Waals surface area contributed by atoms with Crippen molar-refractivity contribution in [3.63, 3.8) is 0 Å². The van der Waals surface area contributed by atoms with Crippen LogP contribution in [0.5, 0.6) is 5.75 Å². The lowest BCUT2D eigenvalue weighted by molar-refractivity contribution is -0.115. The molecule has 0 fully saturated rings. The first kappa shape index (κ1) is 25.5. The molecule has 5 aromatic rings. The average molecular weight is 564 g/mol. The zero-order valence-corrected chi connectivity index (χ0v) is 22.2. The number of fused-ring (bicyclic) bond motifs is 1. The van der Waals surface area contributed by atoms with Gasteiger partial charge in [0.05, 0.1) is 17.8 Å². The Morgan fingerprint density at radius 1 is 1.03 bits per heavy atom. The van der Waals surface area contributed by atoms with Crippen molar-refractivity contribution in [3.05, 3.63) is 94.7 Å². The summed E-state index contributed by atoms with van der Waals surface area (Å²) in [5, 5.41) is 6.68. The molecule has 7 nitrogen and oxygen atoms in total. The number of furan rings is 1. The fourth-order valence-electron chi connectivity index (χ4n) is 3.68. The number of anilines is 1. The number of benzene rings is 3. The smallest absolute Gasteiger partial charge is 0.250 e. The molecule has 2 aromatic heterocycles. The molecular formula is C28H19Cl2N3O4S. The first-order chi connectivity index (χ1) is 18.4. The number of amides is 1. The number of nitrogens with zero attached hydrogens (tertiary/aromatic N) is 1. The van der Waals surface area contributed by atoms with E-state index < -0.39 is 5.91 Å². The maximum Gasteiger partial charge on any atom is 0.250 e. The average Bonchev–Trinajstić information content (AvgIpc) is 3.55. The van der Waals surface area contributed by atoms with Crippen molar-refractivity contribution in [2.24, 2.45) is 0 Å². The number of aromatic nitrogens is 1. The Labute approximate surface area is 233 Å². The van der Waals surface area contributed by atoms with Gasteiger partial charge in [-0.05, 0) is 79.0 Å². The number of ether oxygens (including phenoxy) is 1. The van der Waals surface area contributed by atoms with Gasteiger partial charge < -0.3 is 18.9 Å². The van der Waals surface area contributed by atoms with Crippen LogP contribution in [0.3, 0.4) is 0 Å². The minimum absolute atomic E-state index is 0.0840. The Bertz CT molecular complexity index is 1660. The second-order valence-electron chi connectivity index (χ2n) is 8.00. The Morgan fingerprint density at radius 3 is 2.66 bits per heavy atom. The molecule has 0 aliphatic heterocycles. The Kier molecular flexibility index (Phi) is 7.46. The summed E-state index contributed by atoms with van der Waals surface area (Å²) in [5.41, 5.74) is 3.38. The lowest BCUT2D eigenvalue weighted by Gasteiger charge is -2.13. The highest BCUT2D eigenvalue weighted by atomic mass is 35.5. The van der Waals surface area contributed by atoms with E-state index >= 15 is 0 Å². The Morgan fingerprint density at radius 2 is 1.87 bits per heavy atom. The molecule has 0 aliphatic carbocycles. The number of carbonyl (C=O) groups excluding carboxylic acids is 1. The second kappa shape index (κ2) is 11.1. The van der Waals surface area contributed by atoms with E-state index in [-0.39, 0.29) is 5.11 Å². The predicted octanol–water partition coefficient (Wildman–Crippen LogP) is 7.60. The van der Waals surface area contributed by atoms with Crippen LogP contribution in [0, 0.1) is 0 Å². The van der Waals surface area contributed by atoms with Crippen molar-refractivity contribution in [2.75, 3.05) is 12.4 Å². The molecule has 2 N–H and O–H groups in total. The van der Waals surface area contributed by atoms with E-state index in [9.17, 15) is 4.79 Å². The van der Waals surface area contributed by atoms with E-state index in [0.29, 0.717) is 55.6 Å². The lowest BCUT2D eigenvalue weighted by Crippen LogP contribution is -2.32. The third kappa shape index (κ3) is 5.73. The van der Waals surface area contributed by atoms with E-state index in [1.807, 2.05) is 30.3 Å². The van der Waals surface area contributed by atoms with E-state index in [1.54, 1.807) is 49.6 Å². The number of thiocarbonyl (C=S) groups is 1. The molecule has 10 heteroatoms. The molecule has 0 bridgehead atoms. The number of oxazole rings is 1. The van der Waals surface area contributed by atoms with Crippen molar-refractivity contribution in [1.82, 2.24) is 10.3 Å². The van der Waals surface area contributed by atoms with Gasteiger partial charge in [0.1, 0.15) is 22.8 Å². The largest absolute Gasteiger partial charge is 0.495 e. The number of para-hydroxylation sites is 2. The Hall–Kier alpha value is -4.11. The van der Waals surface area contributed by atoms with Crippen LogP contribution < -0.4 is 15.4 Å². The SMILES string of the molecule is COc1ccc(-c2nc3ccccc3o2)cc1NC(=S)NC(=O)/C=C/c1ccc(-c2ccc(Cl)cc2Cl)o1. The van der Waals surface area contributed by atoms with Crippen LogP contribution in [0.25, 0.3) is 40.0 Å². The van der Waals surface area contributed by atoms with Gasteiger partial charge in [-0.15, -0.1) is 0 Å². The first-order valence-corrected chi connectivity index (χ1v) is 12.5. The number of halogens is 2. The monoisotopic (exact) mass is 563 g/mol. The van der Waals surface area contributed by atoms with E-state index in [1.165, 1.54) is 12.2 Å². The molecule has 0 spiro atoms. The highest BCUT2D eigenvalue weighted by molar-refractivity contribution is 7.80. The molecule has 0 radical (unpaired) electrons. The third-order valence-electron chi connectivity index (χ3n) is 5.45. The second-order valence-corrected chi connectivity index (χ2v) is 9.26. The van der Waals surface area contributed by atoms with Crippen molar-refractivity contribution < 1.29 is 18.4 Å². The minimum Gasteiger partial charge on any atom is -0.495 e. The summed E-state index contributed by atoms with van der Waals surface area (Å²) in [4.78, 5) is 17.0. The maximum atomic E-state index is 12.5. The minimum atomic E-state index is -0.445. The molecule has 0 saturated carbocycles. The molecule has 0 unspecified atom stereocenters. The summed E-state index contributed by atoms with van der Waals surface area (Å²) >= 11 is 17.5. The lowest BCUT2D eigenvalue weighted by atomic mass is 10.2. The van der Waals surface area contributed by atoms with Gasteiger partial charge in [-0.25, -0.2) is 4.98 Å². The number of carbonyl (C=O) groups is 1. The molecule has 0 aliphatic rings. The summed E-state index contributed by atoms with van der Waals surface area (Å²) in [6, 6.07) is 21.5. The summed E-state index contributed by atoms with van der Waals surface area (Å²) in [7, 11) is 1.54. The fourth-order valence-corrected chi connectivity index (χ4v) is 4.39. The van der Waals surface area contributed by atoms with Crippen molar-refractivity contribution >= 4 is 69.3 Å². The molecule has 5 rings (SSSR count). The first-order valence-electron chi connectivity index (χ1n) is 11.3. The normalized spacial score (nSPS) is 11.1. The highest BCUT2D eigenvalue weighted by Crippen LogP contribution is 2.33. The molecular weight excluding hydrogens is 545 g/mol. The number of hydrogen-bond acceptors (Lipinski definition) is 6. The zero-order valence-electron chi connectivity index (χ0n) is 19.8. The van der Waals surface area contributed by atoms with Crippen molar-refractivity contribution in [1.29, 1.82) is 0 Å². The van der Waals surface area contributed by atoms with E-state index in [2.05, 4.69) is 15.6 Å². The van der Waals surface area contributed by atoms with Crippen LogP contribution in [0.4, 0.5) is 5.69 Å². The van der Waals surface area contributed by atoms with Crippen LogP contribution in [-0.4, -0.2) is 23.1 Å². The highest BCUT2D eigenvalue weighted by Gasteiger charge is 2.13. The molecule has 190 valence electrons. The summed E-state index contributed by atoms with van der Waals surface area (Å²) in [6.07, 6.45) is 2.84. The van der Waals surface area contributed by atoms with Gasteiger partial charge >= 0.3 is 0 Å². The van der Waals surface area contributed by atoms with Gasteiger partial charge in [-0.2, -0.15) is 0 Å². The Balaban J connectivity index is 1.25. The maximum absolute atomic E-state index is 12.5. The van der Waals surface area contributed by atoms with Gasteiger partial charge in [0.15, 0.2) is 10.7 Å². The van der Waals surface area contributed by atoms with Gasteiger partial charge in [0.25, 0.3) is 0 Å². The van der Waals surface area contributed by atoms with Crippen LogP contribution in [-0.2, 0) is 4.79 Å². The summed E-state index contributed by atoms with van der Waals surface area (Å²) in [5.74, 6) is 1.55. The number of nitrogens with one attached hydrogen (secondary N) is 2. The van der Waals surface area contributed by atoms with Gasteiger partial charge in [0, 0.05) is 22.2 Å². The quantitative estimate of drug-likeness (QED) is 0.162. The van der Waals surface area contributed by atoms with E-state index in [4.69, 9.17) is 49.0 Å². The van der Waals surface area contributed by atoms with Crippen LogP contribution >= 0.6 is 35.4 Å². The molecule has 2 heterocycles. The van der Waals surface area contributed by atoms with Crippen LogP contribution in [0.15, 0.2) is 87.7 Å². The number of methoxy groups -OCH3 is 1. The summed E-state index contributed by atoms with van der Waals surface area (Å²) < 4.78 is 17.1. The van der Waals surface area contributed by atoms with Gasteiger partial charge in [-0.3, -0.25) is 10.1 Å². The summed E-state index contributed by atoms with van der Waals surface area (Å²) in [6.45, 7) is 0. The number of hydrogen-bond donors (Lipinski definition) is 2. The van der Waals surface area contributed by atoms with Gasteiger partial charge in [-0.1, -0.05) is 35.3 Å². The van der Waals surface area contributed by atoms with Crippen molar-refractivity contribution in [3.8, 4) is 28.5 Å². The predicted molar refractivity (Wildman–Crippen MR) is 154 cm³/mol. The molecule has 1 amide bonds. The topological polar surface area (TPSA) is 89.5 Å². The molecule has 0 saturated heterocycles. The van der Waals surface area contributed by atoms with Crippen LogP contribution in [0.1, 0.15) is 5.76 Å². The van der Waals surface area contributed by atoms with Gasteiger partial charge in [0.2, 0.25) is 11.8 Å². The molecule has 0 atom stereocenters. The fraction of sp³-hybridized carbons (Fsp3) is 0.0357. The van der Waals surface area contributed by atoms with E-state index in [0.717, 1.165) is 5.52 Å². The van der Waals surface area contributed by atoms with Crippen molar-refractivity contribution in [2.45, 2.75) is 0 Å². The molecule has 38 heavy (non-hydrogen) atoms. The third-order valence-corrected chi connectivity index (χ3v) is 6.20.